The maximum Gasteiger partial charge on any atom is 0.191 e. The highest BCUT2D eigenvalue weighted by Gasteiger charge is 2.19. The molecule has 27 heavy (non-hydrogen) atoms. The van der Waals surface area contributed by atoms with Crippen LogP contribution in [0.5, 0.6) is 0 Å². The molecule has 4 nitrogen and oxygen atoms in total. The quantitative estimate of drug-likeness (QED) is 0.263. The molecule has 0 radical (unpaired) electrons. The molecule has 1 aliphatic rings. The van der Waals surface area contributed by atoms with Gasteiger partial charge in [-0.05, 0) is 31.4 Å². The molecule has 2 rings (SSSR count). The van der Waals surface area contributed by atoms with Crippen LogP contribution in [0.25, 0.3) is 0 Å². The van der Waals surface area contributed by atoms with Crippen LogP contribution in [0.1, 0.15) is 38.2 Å². The van der Waals surface area contributed by atoms with Gasteiger partial charge in [0.05, 0.1) is 0 Å². The van der Waals surface area contributed by atoms with Gasteiger partial charge in [-0.25, -0.2) is 8.78 Å². The third-order valence-corrected chi connectivity index (χ3v) is 4.68. The van der Waals surface area contributed by atoms with Gasteiger partial charge in [0, 0.05) is 50.7 Å². The molecule has 0 saturated carbocycles. The standard InChI is InChI=1S/C20H30F2N4.HI/c1-4-10-26-11-8-17(9-12-26)25-20(23-5-2)24-14-15(3)18-7-6-16(21)13-19(18)22;/h4,6-7,13,15,17H,1,5,8-12,14H2,2-3H3,(H2,23,24,25);1H. The maximum absolute atomic E-state index is 13.9. The van der Waals surface area contributed by atoms with Crippen molar-refractivity contribution in [3.05, 3.63) is 48.1 Å². The summed E-state index contributed by atoms with van der Waals surface area (Å²) in [6.07, 6.45) is 4.05. The fraction of sp³-hybridized carbons (Fsp3) is 0.550. The minimum atomic E-state index is -0.556. The molecule has 1 aromatic rings. The number of hydrogen-bond donors (Lipinski definition) is 2. The smallest absolute Gasteiger partial charge is 0.191 e. The van der Waals surface area contributed by atoms with E-state index in [-0.39, 0.29) is 29.9 Å². The van der Waals surface area contributed by atoms with Crippen molar-refractivity contribution in [2.45, 2.75) is 38.6 Å². The van der Waals surface area contributed by atoms with Gasteiger partial charge in [-0.1, -0.05) is 19.1 Å². The number of aliphatic imine (C=N–C) groups is 1. The van der Waals surface area contributed by atoms with Crippen molar-refractivity contribution in [3.63, 3.8) is 0 Å². The van der Waals surface area contributed by atoms with Crippen LogP contribution < -0.4 is 10.6 Å². The number of halogens is 3. The Morgan fingerprint density at radius 1 is 1.37 bits per heavy atom. The highest BCUT2D eigenvalue weighted by Crippen LogP contribution is 2.20. The van der Waals surface area contributed by atoms with Gasteiger partial charge < -0.3 is 10.6 Å². The average molecular weight is 492 g/mol. The van der Waals surface area contributed by atoms with Gasteiger partial charge in [-0.3, -0.25) is 9.89 Å². The molecule has 1 atom stereocenters. The fourth-order valence-corrected chi connectivity index (χ4v) is 3.18. The summed E-state index contributed by atoms with van der Waals surface area (Å²) in [5.41, 5.74) is 0.490. The first-order chi connectivity index (χ1) is 12.5. The first-order valence-electron chi connectivity index (χ1n) is 9.36. The molecule has 152 valence electrons. The highest BCUT2D eigenvalue weighted by molar-refractivity contribution is 14.0. The zero-order chi connectivity index (χ0) is 18.9. The van der Waals surface area contributed by atoms with Gasteiger partial charge in [-0.2, -0.15) is 0 Å². The number of benzene rings is 1. The van der Waals surface area contributed by atoms with Gasteiger partial charge in [0.1, 0.15) is 11.6 Å². The Balaban J connectivity index is 0.00000364. The third kappa shape index (κ3) is 7.73. The van der Waals surface area contributed by atoms with Gasteiger partial charge in [-0.15, -0.1) is 30.6 Å². The lowest BCUT2D eigenvalue weighted by atomic mass is 10.0. The lowest BCUT2D eigenvalue weighted by Crippen LogP contribution is -2.48. The average Bonchev–Trinajstić information content (AvgIpc) is 2.61. The van der Waals surface area contributed by atoms with E-state index >= 15 is 0 Å². The molecule has 0 amide bonds. The lowest BCUT2D eigenvalue weighted by molar-refractivity contribution is 0.225. The zero-order valence-electron chi connectivity index (χ0n) is 16.2. The Bertz CT molecular complexity index is 616. The molecular formula is C20H31F2IN4. The summed E-state index contributed by atoms with van der Waals surface area (Å²) < 4.78 is 27.0. The van der Waals surface area contributed by atoms with Crippen molar-refractivity contribution in [2.75, 3.05) is 32.7 Å². The summed E-state index contributed by atoms with van der Waals surface area (Å²) in [5.74, 6) is -0.440. The topological polar surface area (TPSA) is 39.7 Å². The summed E-state index contributed by atoms with van der Waals surface area (Å²) in [7, 11) is 0. The molecule has 7 heteroatoms. The van der Waals surface area contributed by atoms with Crippen LogP contribution in [-0.2, 0) is 0 Å². The third-order valence-electron chi connectivity index (χ3n) is 4.68. The second-order valence-corrected chi connectivity index (χ2v) is 6.79. The van der Waals surface area contributed by atoms with Gasteiger partial charge in [0.2, 0.25) is 0 Å². The van der Waals surface area contributed by atoms with E-state index in [9.17, 15) is 8.78 Å². The summed E-state index contributed by atoms with van der Waals surface area (Å²) in [6, 6.07) is 4.10. The molecule has 1 unspecified atom stereocenters. The highest BCUT2D eigenvalue weighted by atomic mass is 127. The Morgan fingerprint density at radius 2 is 2.07 bits per heavy atom. The lowest BCUT2D eigenvalue weighted by Gasteiger charge is -2.32. The number of piperidine rings is 1. The van der Waals surface area contributed by atoms with Crippen LogP contribution in [0.15, 0.2) is 35.8 Å². The SMILES string of the molecule is C=CCN1CCC(NC(=NCC(C)c2ccc(F)cc2F)NCC)CC1.I. The number of guanidine groups is 1. The summed E-state index contributed by atoms with van der Waals surface area (Å²) in [5, 5.41) is 6.73. The van der Waals surface area contributed by atoms with E-state index < -0.39 is 11.6 Å². The van der Waals surface area contributed by atoms with Gasteiger partial charge >= 0.3 is 0 Å². The molecule has 1 aromatic carbocycles. The Labute approximate surface area is 178 Å². The number of likely N-dealkylation sites (tertiary alicyclic amines) is 1. The largest absolute Gasteiger partial charge is 0.357 e. The van der Waals surface area contributed by atoms with E-state index in [0.29, 0.717) is 18.2 Å². The van der Waals surface area contributed by atoms with Crippen LogP contribution in [-0.4, -0.2) is 49.6 Å². The zero-order valence-corrected chi connectivity index (χ0v) is 18.5. The van der Waals surface area contributed by atoms with Crippen LogP contribution in [0.3, 0.4) is 0 Å². The molecule has 1 heterocycles. The molecular weight excluding hydrogens is 461 g/mol. The van der Waals surface area contributed by atoms with Crippen molar-refractivity contribution >= 4 is 29.9 Å². The first kappa shape index (κ1) is 23.8. The molecule has 1 fully saturated rings. The maximum atomic E-state index is 13.9. The normalized spacial score (nSPS) is 17.1. The predicted molar refractivity (Wildman–Crippen MR) is 119 cm³/mol. The van der Waals surface area contributed by atoms with E-state index in [1.165, 1.54) is 12.1 Å². The van der Waals surface area contributed by atoms with Gasteiger partial charge in [0.25, 0.3) is 0 Å². The van der Waals surface area contributed by atoms with Crippen LogP contribution in [0, 0.1) is 11.6 Å². The van der Waals surface area contributed by atoms with E-state index in [0.717, 1.165) is 51.0 Å². The van der Waals surface area contributed by atoms with Crippen molar-refractivity contribution in [3.8, 4) is 0 Å². The molecule has 2 N–H and O–H groups in total. The summed E-state index contributed by atoms with van der Waals surface area (Å²) in [4.78, 5) is 6.99. The summed E-state index contributed by atoms with van der Waals surface area (Å²) in [6.45, 7) is 11.9. The van der Waals surface area contributed by atoms with Crippen LogP contribution in [0.2, 0.25) is 0 Å². The first-order valence-corrected chi connectivity index (χ1v) is 9.36. The van der Waals surface area contributed by atoms with Crippen molar-refractivity contribution in [1.82, 2.24) is 15.5 Å². The molecule has 1 aliphatic heterocycles. The minimum Gasteiger partial charge on any atom is -0.357 e. The number of rotatable bonds is 7. The molecule has 0 aromatic heterocycles. The number of nitrogens with zero attached hydrogens (tertiary/aromatic N) is 2. The van der Waals surface area contributed by atoms with E-state index in [1.54, 1.807) is 0 Å². The van der Waals surface area contributed by atoms with Crippen molar-refractivity contribution in [2.24, 2.45) is 4.99 Å². The molecule has 1 saturated heterocycles. The minimum absolute atomic E-state index is 0. The molecule has 0 spiro atoms. The van der Waals surface area contributed by atoms with E-state index in [2.05, 4.69) is 27.1 Å². The Kier molecular flexibility index (Phi) is 10.8. The van der Waals surface area contributed by atoms with Gasteiger partial charge in [0.15, 0.2) is 5.96 Å². The fourth-order valence-electron chi connectivity index (χ4n) is 3.18. The monoisotopic (exact) mass is 492 g/mol. The van der Waals surface area contributed by atoms with Crippen LogP contribution in [0.4, 0.5) is 8.78 Å². The van der Waals surface area contributed by atoms with E-state index in [4.69, 9.17) is 0 Å². The Morgan fingerprint density at radius 3 is 2.67 bits per heavy atom. The summed E-state index contributed by atoms with van der Waals surface area (Å²) >= 11 is 0. The van der Waals surface area contributed by atoms with E-state index in [1.807, 2.05) is 19.9 Å². The molecule has 0 aliphatic carbocycles. The second-order valence-electron chi connectivity index (χ2n) is 6.79. The molecule has 0 bridgehead atoms. The Hall–Kier alpha value is -1.22. The van der Waals surface area contributed by atoms with Crippen LogP contribution >= 0.6 is 24.0 Å². The second kappa shape index (κ2) is 12.3. The number of hydrogen-bond acceptors (Lipinski definition) is 2. The van der Waals surface area contributed by atoms with Crippen molar-refractivity contribution < 1.29 is 8.78 Å². The predicted octanol–water partition coefficient (Wildman–Crippen LogP) is 3.89. The van der Waals surface area contributed by atoms with Crippen molar-refractivity contribution in [1.29, 1.82) is 0 Å². The number of nitrogens with one attached hydrogen (secondary N) is 2.